The number of hydrogen-bond donors (Lipinski definition) is 1. The third-order valence-electron chi connectivity index (χ3n) is 2.23. The van der Waals surface area contributed by atoms with Gasteiger partial charge in [-0.2, -0.15) is 0 Å². The van der Waals surface area contributed by atoms with Crippen molar-refractivity contribution in [2.45, 2.75) is 19.9 Å². The van der Waals surface area contributed by atoms with Gasteiger partial charge in [0, 0.05) is 5.56 Å². The van der Waals surface area contributed by atoms with E-state index >= 15 is 0 Å². The summed E-state index contributed by atoms with van der Waals surface area (Å²) in [6, 6.07) is 2.35. The molecule has 1 aromatic carbocycles. The van der Waals surface area contributed by atoms with E-state index in [0.29, 0.717) is 0 Å². The van der Waals surface area contributed by atoms with E-state index in [0.717, 1.165) is 12.1 Å². The van der Waals surface area contributed by atoms with E-state index in [1.54, 1.807) is 13.8 Å². The second-order valence-corrected chi connectivity index (χ2v) is 3.76. The fourth-order valence-corrected chi connectivity index (χ4v) is 1.14. The molecule has 1 atom stereocenters. The van der Waals surface area contributed by atoms with Gasteiger partial charge in [0.05, 0.1) is 6.04 Å². The molecule has 0 aliphatic carbocycles. The van der Waals surface area contributed by atoms with E-state index in [1.807, 2.05) is 0 Å². The van der Waals surface area contributed by atoms with Crippen LogP contribution in [0.25, 0.3) is 0 Å². The van der Waals surface area contributed by atoms with Gasteiger partial charge in [-0.05, 0) is 24.1 Å². The van der Waals surface area contributed by atoms with Gasteiger partial charge < -0.3 is 5.73 Å². The molecule has 15 heavy (non-hydrogen) atoms. The number of halogens is 2. The van der Waals surface area contributed by atoms with Gasteiger partial charge in [-0.25, -0.2) is 8.78 Å². The number of hydrogen-bond acceptors (Lipinski definition) is 2. The summed E-state index contributed by atoms with van der Waals surface area (Å²) in [6.45, 7) is 3.59. The molecular weight excluding hydrogens is 200 g/mol. The molecule has 1 rings (SSSR count). The van der Waals surface area contributed by atoms with Gasteiger partial charge in [-0.1, -0.05) is 13.8 Å². The highest BCUT2D eigenvalue weighted by Gasteiger charge is 2.19. The lowest BCUT2D eigenvalue weighted by Crippen LogP contribution is -2.35. The van der Waals surface area contributed by atoms with Crippen LogP contribution in [-0.2, 0) is 0 Å². The van der Waals surface area contributed by atoms with E-state index in [2.05, 4.69) is 0 Å². The molecule has 0 aromatic heterocycles. The summed E-state index contributed by atoms with van der Waals surface area (Å²) in [5.74, 6) is -2.41. The Morgan fingerprint density at radius 2 is 1.87 bits per heavy atom. The van der Waals surface area contributed by atoms with Crippen molar-refractivity contribution in [1.29, 1.82) is 0 Å². The Morgan fingerprint density at radius 1 is 1.27 bits per heavy atom. The van der Waals surface area contributed by atoms with Crippen LogP contribution in [-0.4, -0.2) is 11.8 Å². The molecule has 0 radical (unpaired) electrons. The average molecular weight is 213 g/mol. The monoisotopic (exact) mass is 213 g/mol. The predicted molar refractivity (Wildman–Crippen MR) is 53.5 cm³/mol. The molecule has 2 N–H and O–H groups in total. The normalized spacial score (nSPS) is 12.9. The van der Waals surface area contributed by atoms with E-state index in [1.165, 1.54) is 6.07 Å². The number of ketones is 1. The molecule has 0 aliphatic rings. The molecule has 1 unspecified atom stereocenters. The van der Waals surface area contributed by atoms with Gasteiger partial charge in [0.25, 0.3) is 0 Å². The Hall–Kier alpha value is -1.29. The fourth-order valence-electron chi connectivity index (χ4n) is 1.14. The van der Waals surface area contributed by atoms with E-state index in [4.69, 9.17) is 5.73 Å². The molecule has 82 valence electrons. The van der Waals surface area contributed by atoms with Crippen molar-refractivity contribution < 1.29 is 13.6 Å². The van der Waals surface area contributed by atoms with Crippen LogP contribution < -0.4 is 5.73 Å². The van der Waals surface area contributed by atoms with Gasteiger partial charge in [0.15, 0.2) is 17.4 Å². The number of benzene rings is 1. The van der Waals surface area contributed by atoms with E-state index in [-0.39, 0.29) is 17.3 Å². The summed E-state index contributed by atoms with van der Waals surface area (Å²) in [6.07, 6.45) is 0. The second kappa shape index (κ2) is 4.49. The first-order valence-corrected chi connectivity index (χ1v) is 4.68. The Balaban J connectivity index is 2.97. The first-order valence-electron chi connectivity index (χ1n) is 4.68. The molecule has 2 nitrogen and oxygen atoms in total. The van der Waals surface area contributed by atoms with Crippen molar-refractivity contribution in [1.82, 2.24) is 0 Å². The van der Waals surface area contributed by atoms with Crippen LogP contribution in [0.15, 0.2) is 18.2 Å². The summed E-state index contributed by atoms with van der Waals surface area (Å²) in [4.78, 5) is 11.6. The average Bonchev–Trinajstić information content (AvgIpc) is 2.19. The minimum absolute atomic E-state index is 0.0365. The largest absolute Gasteiger partial charge is 0.321 e. The predicted octanol–water partition coefficient (Wildman–Crippen LogP) is 2.13. The highest BCUT2D eigenvalue weighted by molar-refractivity contribution is 6.00. The lowest BCUT2D eigenvalue weighted by Gasteiger charge is -2.14. The zero-order chi connectivity index (χ0) is 11.6. The van der Waals surface area contributed by atoms with Crippen molar-refractivity contribution in [3.63, 3.8) is 0 Å². The molecular formula is C11H13F2NO. The Kier molecular flexibility index (Phi) is 3.52. The minimum Gasteiger partial charge on any atom is -0.321 e. The zero-order valence-corrected chi connectivity index (χ0v) is 8.63. The number of rotatable bonds is 3. The number of carbonyl (C=O) groups excluding carboxylic acids is 1. The third kappa shape index (κ3) is 2.59. The maximum atomic E-state index is 12.8. The van der Waals surface area contributed by atoms with Crippen molar-refractivity contribution in [3.05, 3.63) is 35.4 Å². The Morgan fingerprint density at radius 3 is 2.33 bits per heavy atom. The quantitative estimate of drug-likeness (QED) is 0.781. The minimum atomic E-state index is -1.03. The van der Waals surface area contributed by atoms with Gasteiger partial charge in [0.2, 0.25) is 0 Å². The van der Waals surface area contributed by atoms with Crippen LogP contribution in [0, 0.1) is 17.6 Å². The smallest absolute Gasteiger partial charge is 0.179 e. The molecule has 0 saturated heterocycles. The molecule has 0 heterocycles. The third-order valence-corrected chi connectivity index (χ3v) is 2.23. The van der Waals surface area contributed by atoms with Crippen LogP contribution >= 0.6 is 0 Å². The van der Waals surface area contributed by atoms with Crippen molar-refractivity contribution in [2.24, 2.45) is 11.7 Å². The van der Waals surface area contributed by atoms with E-state index < -0.39 is 17.7 Å². The van der Waals surface area contributed by atoms with Crippen molar-refractivity contribution >= 4 is 5.78 Å². The van der Waals surface area contributed by atoms with Crippen LogP contribution in [0.4, 0.5) is 8.78 Å². The molecule has 1 aromatic rings. The Bertz CT molecular complexity index is 377. The number of carbonyl (C=O) groups is 1. The summed E-state index contributed by atoms with van der Waals surface area (Å²) >= 11 is 0. The SMILES string of the molecule is CC(C)C(N)C(=O)c1ccc(F)c(F)c1. The molecule has 0 amide bonds. The second-order valence-electron chi connectivity index (χ2n) is 3.76. The van der Waals surface area contributed by atoms with Crippen LogP contribution in [0.5, 0.6) is 0 Å². The molecule has 0 spiro atoms. The van der Waals surface area contributed by atoms with Crippen LogP contribution in [0.1, 0.15) is 24.2 Å². The Labute approximate surface area is 87.1 Å². The van der Waals surface area contributed by atoms with Gasteiger partial charge in [0.1, 0.15) is 0 Å². The van der Waals surface area contributed by atoms with Gasteiger partial charge in [-0.15, -0.1) is 0 Å². The summed E-state index contributed by atoms with van der Waals surface area (Å²) in [7, 11) is 0. The maximum absolute atomic E-state index is 12.8. The number of Topliss-reactive ketones (excluding diaryl/α,β-unsaturated/α-hetero) is 1. The summed E-state index contributed by atoms with van der Waals surface area (Å²) in [5, 5.41) is 0. The van der Waals surface area contributed by atoms with Crippen molar-refractivity contribution in [2.75, 3.05) is 0 Å². The standard InChI is InChI=1S/C11H13F2NO/c1-6(2)10(14)11(15)7-3-4-8(12)9(13)5-7/h3-6,10H,14H2,1-2H3. The molecule has 0 bridgehead atoms. The topological polar surface area (TPSA) is 43.1 Å². The van der Waals surface area contributed by atoms with Crippen LogP contribution in [0.3, 0.4) is 0 Å². The van der Waals surface area contributed by atoms with Gasteiger partial charge in [-0.3, -0.25) is 4.79 Å². The lowest BCUT2D eigenvalue weighted by molar-refractivity contribution is 0.0940. The van der Waals surface area contributed by atoms with Gasteiger partial charge >= 0.3 is 0 Å². The molecule has 0 aliphatic heterocycles. The maximum Gasteiger partial charge on any atom is 0.179 e. The fraction of sp³-hybridized carbons (Fsp3) is 0.364. The zero-order valence-electron chi connectivity index (χ0n) is 8.63. The summed E-state index contributed by atoms with van der Waals surface area (Å²) in [5.41, 5.74) is 5.72. The number of nitrogens with two attached hydrogens (primary N) is 1. The molecule has 4 heteroatoms. The van der Waals surface area contributed by atoms with Crippen molar-refractivity contribution in [3.8, 4) is 0 Å². The highest BCUT2D eigenvalue weighted by atomic mass is 19.2. The lowest BCUT2D eigenvalue weighted by atomic mass is 9.96. The summed E-state index contributed by atoms with van der Waals surface area (Å²) < 4.78 is 25.4. The van der Waals surface area contributed by atoms with Crippen LogP contribution in [0.2, 0.25) is 0 Å². The molecule has 0 saturated carbocycles. The first kappa shape index (κ1) is 11.8. The molecule has 0 fully saturated rings. The first-order chi connectivity index (χ1) is 6.93. The van der Waals surface area contributed by atoms with E-state index in [9.17, 15) is 13.6 Å². The highest BCUT2D eigenvalue weighted by Crippen LogP contribution is 2.12.